The van der Waals surface area contributed by atoms with E-state index in [4.69, 9.17) is 9.26 Å². The first-order valence-corrected chi connectivity index (χ1v) is 16.9. The summed E-state index contributed by atoms with van der Waals surface area (Å²) in [4.78, 5) is 11.4. The summed E-state index contributed by atoms with van der Waals surface area (Å²) in [6.07, 6.45) is 4.29. The van der Waals surface area contributed by atoms with E-state index >= 15 is 4.48 Å². The second-order valence-corrected chi connectivity index (χ2v) is 14.9. The topological polar surface area (TPSA) is 99.3 Å². The van der Waals surface area contributed by atoms with Crippen LogP contribution in [-0.2, 0) is 17.0 Å². The first kappa shape index (κ1) is 31.3. The molecule has 0 spiro atoms. The van der Waals surface area contributed by atoms with Crippen molar-refractivity contribution in [3.63, 3.8) is 0 Å². The maximum atomic E-state index is 15.1. The third-order valence-electron chi connectivity index (χ3n) is 8.83. The van der Waals surface area contributed by atoms with E-state index in [-0.39, 0.29) is 23.9 Å². The third kappa shape index (κ3) is 5.98. The standard InChI is InChI=1S/C33H42FN3O5S/c1-7-9-23(4)31-26(30(35-42-31)29-21(2)10-8-11-22(29)3)19-41-25-12-13-27(24(5)18-25)33(40)14-16-36(17-15-33)37(34)43(6)20-28(43)32(38)39/h8,10-13,18,20,23,40H,7,9,14-17,19H2,1-6H3,(H,38,39). The van der Waals surface area contributed by atoms with Gasteiger partial charge in [0.25, 0.3) is 0 Å². The van der Waals surface area contributed by atoms with Crippen molar-refractivity contribution in [1.29, 1.82) is 0 Å². The van der Waals surface area contributed by atoms with Gasteiger partial charge in [0, 0.05) is 24.6 Å². The van der Waals surface area contributed by atoms with Crippen LogP contribution in [0.2, 0.25) is 0 Å². The molecule has 2 unspecified atom stereocenters. The molecule has 5 rings (SSSR count). The molecule has 232 valence electrons. The zero-order valence-electron chi connectivity index (χ0n) is 25.8. The van der Waals surface area contributed by atoms with Crippen LogP contribution in [0.25, 0.3) is 11.3 Å². The maximum absolute atomic E-state index is 15.1. The van der Waals surface area contributed by atoms with Gasteiger partial charge in [0.1, 0.15) is 28.7 Å². The average Bonchev–Trinajstić information content (AvgIpc) is 3.51. The summed E-state index contributed by atoms with van der Waals surface area (Å²) in [6, 6.07) is 11.9. The number of aryl methyl sites for hydroxylation is 3. The molecule has 0 saturated carbocycles. The molecule has 1 fully saturated rings. The minimum atomic E-state index is -2.20. The van der Waals surface area contributed by atoms with E-state index in [2.05, 4.69) is 45.0 Å². The number of aliphatic hydroxyl groups is 1. The summed E-state index contributed by atoms with van der Waals surface area (Å²) in [5, 5.41) is 28.3. The average molecular weight is 612 g/mol. The van der Waals surface area contributed by atoms with Crippen LogP contribution in [0.3, 0.4) is 0 Å². The molecule has 3 aromatic rings. The van der Waals surface area contributed by atoms with Crippen LogP contribution >= 0.6 is 10.2 Å². The van der Waals surface area contributed by atoms with Crippen LogP contribution in [0, 0.1) is 20.8 Å². The lowest BCUT2D eigenvalue weighted by molar-refractivity contribution is -0.134. The Labute approximate surface area is 254 Å². The van der Waals surface area contributed by atoms with Gasteiger partial charge in [-0.3, -0.25) is 0 Å². The molecular formula is C33H42FN3O5S. The molecule has 2 aliphatic heterocycles. The van der Waals surface area contributed by atoms with Crippen LogP contribution in [0.15, 0.2) is 51.2 Å². The van der Waals surface area contributed by atoms with Gasteiger partial charge in [-0.15, -0.1) is 4.48 Å². The molecule has 43 heavy (non-hydrogen) atoms. The Morgan fingerprint density at radius 2 is 1.86 bits per heavy atom. The largest absolute Gasteiger partial charge is 0.489 e. The molecule has 2 atom stereocenters. The second kappa shape index (κ2) is 12.1. The Balaban J connectivity index is 1.31. The van der Waals surface area contributed by atoms with Gasteiger partial charge in [0.05, 0.1) is 11.2 Å². The van der Waals surface area contributed by atoms with E-state index in [1.54, 1.807) is 6.26 Å². The predicted molar refractivity (Wildman–Crippen MR) is 167 cm³/mol. The van der Waals surface area contributed by atoms with Gasteiger partial charge in [-0.25, -0.2) is 9.80 Å². The van der Waals surface area contributed by atoms with Crippen LogP contribution in [-0.4, -0.2) is 50.3 Å². The summed E-state index contributed by atoms with van der Waals surface area (Å²) in [5.74, 6) is 0.652. The molecule has 3 heterocycles. The van der Waals surface area contributed by atoms with Crippen LogP contribution in [0.4, 0.5) is 4.48 Å². The highest BCUT2D eigenvalue weighted by Crippen LogP contribution is 2.71. The molecule has 2 aromatic carbocycles. The lowest BCUT2D eigenvalue weighted by Crippen LogP contribution is -2.47. The molecule has 0 amide bonds. The summed E-state index contributed by atoms with van der Waals surface area (Å²) >= 11 is 0. The van der Waals surface area contributed by atoms with Crippen molar-refractivity contribution < 1.29 is 28.7 Å². The van der Waals surface area contributed by atoms with E-state index < -0.39 is 21.8 Å². The van der Waals surface area contributed by atoms with Gasteiger partial charge in [-0.1, -0.05) is 59.9 Å². The van der Waals surface area contributed by atoms with E-state index in [1.165, 1.54) is 10.4 Å². The molecule has 2 N–H and O–H groups in total. The van der Waals surface area contributed by atoms with Gasteiger partial charge >= 0.3 is 5.97 Å². The SMILES string of the molecule is CCCC(C)c1onc(-c2c(C)cccc2C)c1COc1ccc(C2(O)CCN(N(F)S3(C)C=C3C(=O)O)CC2)c(C)c1. The Morgan fingerprint density at radius 3 is 2.44 bits per heavy atom. The monoisotopic (exact) mass is 611 g/mol. The molecule has 1 aromatic heterocycles. The Hall–Kier alpha value is -3.18. The summed E-state index contributed by atoms with van der Waals surface area (Å²) < 4.78 is 28.0. The highest BCUT2D eigenvalue weighted by molar-refractivity contribution is 8.42. The summed E-state index contributed by atoms with van der Waals surface area (Å²) in [5.41, 5.74) is 5.66. The van der Waals surface area contributed by atoms with Crippen LogP contribution in [0.5, 0.6) is 5.75 Å². The smallest absolute Gasteiger partial charge is 0.342 e. The number of carbonyl (C=O) groups is 1. The fraction of sp³-hybridized carbons (Fsp3) is 0.455. The number of hydrazine groups is 1. The lowest BCUT2D eigenvalue weighted by Gasteiger charge is -2.43. The molecule has 1 saturated heterocycles. The maximum Gasteiger partial charge on any atom is 0.342 e. The van der Waals surface area contributed by atoms with Crippen molar-refractivity contribution in [1.82, 2.24) is 14.8 Å². The fourth-order valence-electron chi connectivity index (χ4n) is 6.27. The predicted octanol–water partition coefficient (Wildman–Crippen LogP) is 7.42. The van der Waals surface area contributed by atoms with E-state index in [9.17, 15) is 15.0 Å². The highest BCUT2D eigenvalue weighted by Gasteiger charge is 2.49. The molecule has 0 radical (unpaired) electrons. The van der Waals surface area contributed by atoms with E-state index in [0.29, 0.717) is 29.8 Å². The van der Waals surface area contributed by atoms with Gasteiger partial charge < -0.3 is 19.5 Å². The van der Waals surface area contributed by atoms with Crippen molar-refractivity contribution in [2.45, 2.75) is 78.4 Å². The number of benzene rings is 2. The number of carboxylic acid groups (broad SMARTS) is 1. The molecule has 0 aliphatic carbocycles. The number of piperidine rings is 1. The normalized spacial score (nSPS) is 22.1. The van der Waals surface area contributed by atoms with Crippen molar-refractivity contribution in [3.05, 3.63) is 80.3 Å². The molecule has 10 heteroatoms. The molecular weight excluding hydrogens is 569 g/mol. The number of nitrogens with zero attached hydrogens (tertiary/aromatic N) is 3. The van der Waals surface area contributed by atoms with Gasteiger partial charge in [0.2, 0.25) is 0 Å². The van der Waals surface area contributed by atoms with Crippen molar-refractivity contribution in [2.75, 3.05) is 19.3 Å². The first-order chi connectivity index (χ1) is 20.4. The number of hydrogen-bond donors (Lipinski definition) is 2. The zero-order valence-corrected chi connectivity index (χ0v) is 26.6. The van der Waals surface area contributed by atoms with Crippen LogP contribution in [0.1, 0.15) is 79.0 Å². The number of carboxylic acids is 1. The third-order valence-corrected chi connectivity index (χ3v) is 11.3. The number of ether oxygens (including phenoxy) is 1. The van der Waals surface area contributed by atoms with Gasteiger partial charge in [0.15, 0.2) is 0 Å². The van der Waals surface area contributed by atoms with Crippen molar-refractivity contribution >= 4 is 16.2 Å². The Kier molecular flexibility index (Phi) is 8.77. The minimum absolute atomic E-state index is 0.126. The minimum Gasteiger partial charge on any atom is -0.489 e. The molecule has 2 aliphatic rings. The Bertz CT molecular complexity index is 1530. The number of hydrogen-bond acceptors (Lipinski definition) is 7. The van der Waals surface area contributed by atoms with Crippen molar-refractivity contribution in [3.8, 4) is 17.0 Å². The first-order valence-electron chi connectivity index (χ1n) is 14.8. The van der Waals surface area contributed by atoms with Crippen LogP contribution < -0.4 is 4.74 Å². The second-order valence-electron chi connectivity index (χ2n) is 12.0. The number of halogens is 1. The zero-order chi connectivity index (χ0) is 31.1. The summed E-state index contributed by atoms with van der Waals surface area (Å²) in [7, 11) is -2.20. The Morgan fingerprint density at radius 1 is 1.19 bits per heavy atom. The molecule has 8 nitrogen and oxygen atoms in total. The fourth-order valence-corrected chi connectivity index (χ4v) is 8.40. The van der Waals surface area contributed by atoms with Crippen molar-refractivity contribution in [2.24, 2.45) is 0 Å². The van der Waals surface area contributed by atoms with E-state index in [1.807, 2.05) is 31.2 Å². The number of rotatable bonds is 11. The number of aliphatic carboxylic acids is 1. The lowest BCUT2D eigenvalue weighted by atomic mass is 9.82. The molecule has 0 bridgehead atoms. The highest BCUT2D eigenvalue weighted by atomic mass is 32.3. The van der Waals surface area contributed by atoms with Gasteiger partial charge in [-0.2, -0.15) is 0 Å². The van der Waals surface area contributed by atoms with Gasteiger partial charge in [-0.05, 0) is 90.7 Å². The number of aromatic nitrogens is 1. The quantitative estimate of drug-likeness (QED) is 0.216. The summed E-state index contributed by atoms with van der Waals surface area (Å²) in [6.45, 7) is 11.3. The van der Waals surface area contributed by atoms with E-state index in [0.717, 1.165) is 57.7 Å².